The Morgan fingerprint density at radius 1 is 1.24 bits per heavy atom. The van der Waals surface area contributed by atoms with Gasteiger partial charge < -0.3 is 10.2 Å². The number of alkyl halides is 3. The Balaban J connectivity index is 0.000000370. The number of aliphatic hydroxyl groups is 1. The lowest BCUT2D eigenvalue weighted by atomic mass is 10.0. The summed E-state index contributed by atoms with van der Waals surface area (Å²) in [5, 5.41) is 24.3. The Bertz CT molecular complexity index is 772. The van der Waals surface area contributed by atoms with E-state index in [2.05, 4.69) is 39.3 Å². The summed E-state index contributed by atoms with van der Waals surface area (Å²) in [5.41, 5.74) is 3.06. The summed E-state index contributed by atoms with van der Waals surface area (Å²) in [6, 6.07) is 4.69. The third-order valence-electron chi connectivity index (χ3n) is 4.57. The number of nitrogens with zero attached hydrogens (tertiary/aromatic N) is 5. The van der Waals surface area contributed by atoms with Crippen molar-refractivity contribution >= 4 is 5.97 Å². The van der Waals surface area contributed by atoms with Gasteiger partial charge in [-0.25, -0.2) is 9.48 Å². The summed E-state index contributed by atoms with van der Waals surface area (Å²) >= 11 is 0. The van der Waals surface area contributed by atoms with Crippen LogP contribution in [-0.2, 0) is 24.4 Å². The van der Waals surface area contributed by atoms with Crippen LogP contribution in [0.15, 0.2) is 24.5 Å². The second kappa shape index (κ2) is 10.3. The van der Waals surface area contributed by atoms with Crippen LogP contribution in [0.25, 0.3) is 0 Å². The predicted octanol–water partition coefficient (Wildman–Crippen LogP) is 2.20. The van der Waals surface area contributed by atoms with Crippen molar-refractivity contribution in [1.82, 2.24) is 24.9 Å². The quantitative estimate of drug-likeness (QED) is 0.771. The predicted molar refractivity (Wildman–Crippen MR) is 96.8 cm³/mol. The Labute approximate surface area is 166 Å². The number of rotatable bonds is 5. The number of hydrogen-bond acceptors (Lipinski definition) is 6. The number of aromatic nitrogens is 4. The van der Waals surface area contributed by atoms with Gasteiger partial charge in [0.1, 0.15) is 5.69 Å². The lowest BCUT2D eigenvalue weighted by molar-refractivity contribution is -0.192. The highest BCUT2D eigenvalue weighted by molar-refractivity contribution is 5.73. The number of carboxylic acid groups (broad SMARTS) is 1. The van der Waals surface area contributed by atoms with Crippen molar-refractivity contribution < 1.29 is 28.2 Å². The van der Waals surface area contributed by atoms with Gasteiger partial charge in [-0.05, 0) is 30.9 Å². The molecule has 3 rings (SSSR count). The average Bonchev–Trinajstić information content (AvgIpc) is 3.18. The van der Waals surface area contributed by atoms with Crippen molar-refractivity contribution in [1.29, 1.82) is 0 Å². The number of halogens is 3. The molecule has 3 heterocycles. The smallest absolute Gasteiger partial charge is 0.475 e. The third-order valence-corrected chi connectivity index (χ3v) is 4.57. The van der Waals surface area contributed by atoms with Crippen LogP contribution in [0.1, 0.15) is 42.8 Å². The highest BCUT2D eigenvalue weighted by Crippen LogP contribution is 2.22. The molecule has 0 bridgehead atoms. The third kappa shape index (κ3) is 7.09. The lowest BCUT2D eigenvalue weighted by Gasteiger charge is -2.31. The molecular weight excluding hydrogens is 391 g/mol. The zero-order chi connectivity index (χ0) is 21.4. The number of carbonyl (C=O) groups is 1. The van der Waals surface area contributed by atoms with Gasteiger partial charge in [0.05, 0.1) is 24.5 Å². The Hall–Kier alpha value is -2.53. The molecule has 0 saturated carbocycles. The highest BCUT2D eigenvalue weighted by atomic mass is 19.4. The zero-order valence-electron chi connectivity index (χ0n) is 16.0. The van der Waals surface area contributed by atoms with E-state index < -0.39 is 12.1 Å². The van der Waals surface area contributed by atoms with Crippen molar-refractivity contribution in [2.45, 2.75) is 51.6 Å². The molecule has 11 heteroatoms. The van der Waals surface area contributed by atoms with Gasteiger partial charge in [0.25, 0.3) is 0 Å². The molecule has 0 atom stereocenters. The second-order valence-corrected chi connectivity index (χ2v) is 6.67. The molecule has 2 aromatic rings. The maximum atomic E-state index is 10.6. The van der Waals surface area contributed by atoms with Crippen LogP contribution in [0.2, 0.25) is 0 Å². The standard InChI is InChI=1S/C16H23N5O.C2HF3O2/c1-2-13-3-4-14(17-9-13)10-20-7-5-16(6-8-20)21-11-15(12-22)18-19-21;3-2(4,5)1(6)7/h3-4,9,11,16,22H,2,5-8,10,12H2,1H3;(H,6,7). The van der Waals surface area contributed by atoms with E-state index in [0.717, 1.165) is 44.6 Å². The maximum Gasteiger partial charge on any atom is 0.490 e. The molecule has 160 valence electrons. The molecule has 1 aliphatic heterocycles. The van der Waals surface area contributed by atoms with Gasteiger partial charge in [0, 0.05) is 25.8 Å². The number of hydrogen-bond donors (Lipinski definition) is 2. The zero-order valence-corrected chi connectivity index (χ0v) is 16.0. The van der Waals surface area contributed by atoms with Gasteiger partial charge in [0.2, 0.25) is 0 Å². The van der Waals surface area contributed by atoms with Crippen molar-refractivity contribution in [2.75, 3.05) is 13.1 Å². The number of carboxylic acids is 1. The van der Waals surface area contributed by atoms with Gasteiger partial charge in [-0.15, -0.1) is 5.10 Å². The van der Waals surface area contributed by atoms with Crippen molar-refractivity contribution in [2.24, 2.45) is 0 Å². The van der Waals surface area contributed by atoms with Crippen molar-refractivity contribution in [3.63, 3.8) is 0 Å². The van der Waals surface area contributed by atoms with E-state index >= 15 is 0 Å². The summed E-state index contributed by atoms with van der Waals surface area (Å²) in [5.74, 6) is -2.76. The molecule has 1 aliphatic rings. The van der Waals surface area contributed by atoms with Crippen molar-refractivity contribution in [3.8, 4) is 0 Å². The first-order valence-electron chi connectivity index (χ1n) is 9.20. The Morgan fingerprint density at radius 2 is 1.90 bits per heavy atom. The summed E-state index contributed by atoms with van der Waals surface area (Å²) < 4.78 is 33.6. The SMILES string of the molecule is CCc1ccc(CN2CCC(n3cc(CO)nn3)CC2)nc1.O=C(O)C(F)(F)F. The number of pyridine rings is 1. The topological polar surface area (TPSA) is 104 Å². The van der Waals surface area contributed by atoms with E-state index in [1.54, 1.807) is 0 Å². The summed E-state index contributed by atoms with van der Waals surface area (Å²) in [6.45, 7) is 5.09. The van der Waals surface area contributed by atoms with Gasteiger partial charge in [-0.3, -0.25) is 9.88 Å². The van der Waals surface area contributed by atoms with Crippen molar-refractivity contribution in [3.05, 3.63) is 41.5 Å². The largest absolute Gasteiger partial charge is 0.490 e. The molecule has 0 aromatic carbocycles. The molecule has 1 saturated heterocycles. The summed E-state index contributed by atoms with van der Waals surface area (Å²) in [6.07, 6.45) is 1.90. The first kappa shape index (κ1) is 22.8. The fraction of sp³-hybridized carbons (Fsp3) is 0.556. The van der Waals surface area contributed by atoms with Crippen LogP contribution in [0.3, 0.4) is 0 Å². The molecule has 2 N–H and O–H groups in total. The minimum Gasteiger partial charge on any atom is -0.475 e. The van der Waals surface area contributed by atoms with Gasteiger partial charge in [0.15, 0.2) is 0 Å². The van der Waals surface area contributed by atoms with E-state index in [9.17, 15) is 13.2 Å². The fourth-order valence-electron chi connectivity index (χ4n) is 2.89. The second-order valence-electron chi connectivity index (χ2n) is 6.67. The molecule has 0 radical (unpaired) electrons. The van der Waals surface area contributed by atoms with Crippen LogP contribution in [-0.4, -0.2) is 60.3 Å². The highest BCUT2D eigenvalue weighted by Gasteiger charge is 2.38. The number of likely N-dealkylation sites (tertiary alicyclic amines) is 1. The molecule has 1 fully saturated rings. The molecule has 8 nitrogen and oxygen atoms in total. The van der Waals surface area contributed by atoms with E-state index in [4.69, 9.17) is 15.0 Å². The molecular formula is C18H24F3N5O3. The molecule has 0 amide bonds. The van der Waals surface area contributed by atoms with Crippen LogP contribution in [0, 0.1) is 0 Å². The van der Waals surface area contributed by atoms with E-state index in [0.29, 0.717) is 11.7 Å². The summed E-state index contributed by atoms with van der Waals surface area (Å²) in [4.78, 5) is 15.9. The molecule has 2 aromatic heterocycles. The molecule has 29 heavy (non-hydrogen) atoms. The molecule has 0 spiro atoms. The number of aliphatic hydroxyl groups excluding tert-OH is 1. The van der Waals surface area contributed by atoms with E-state index in [-0.39, 0.29) is 6.61 Å². The number of piperidine rings is 1. The minimum atomic E-state index is -5.08. The summed E-state index contributed by atoms with van der Waals surface area (Å²) in [7, 11) is 0. The number of aryl methyl sites for hydroxylation is 1. The fourth-order valence-corrected chi connectivity index (χ4v) is 2.89. The first-order chi connectivity index (χ1) is 13.7. The van der Waals surface area contributed by atoms with Crippen LogP contribution < -0.4 is 0 Å². The lowest BCUT2D eigenvalue weighted by Crippen LogP contribution is -2.34. The van der Waals surface area contributed by atoms with E-state index in [1.807, 2.05) is 17.1 Å². The van der Waals surface area contributed by atoms with Crippen LogP contribution >= 0.6 is 0 Å². The van der Waals surface area contributed by atoms with Crippen LogP contribution in [0.5, 0.6) is 0 Å². The number of aliphatic carboxylic acids is 1. The van der Waals surface area contributed by atoms with Gasteiger partial charge >= 0.3 is 12.1 Å². The average molecular weight is 415 g/mol. The molecule has 0 aliphatic carbocycles. The van der Waals surface area contributed by atoms with E-state index in [1.165, 1.54) is 5.56 Å². The monoisotopic (exact) mass is 415 g/mol. The Morgan fingerprint density at radius 3 is 2.34 bits per heavy atom. The Kier molecular flexibility index (Phi) is 8.09. The van der Waals surface area contributed by atoms with Crippen LogP contribution in [0.4, 0.5) is 13.2 Å². The maximum absolute atomic E-state index is 10.6. The first-order valence-corrected chi connectivity index (χ1v) is 9.20. The minimum absolute atomic E-state index is 0.0434. The normalized spacial score (nSPS) is 15.6. The van der Waals surface area contributed by atoms with Gasteiger partial charge in [-0.2, -0.15) is 13.2 Å². The molecule has 0 unspecified atom stereocenters. The van der Waals surface area contributed by atoms with Gasteiger partial charge in [-0.1, -0.05) is 18.2 Å².